The molecule has 166 valence electrons. The van der Waals surface area contributed by atoms with Crippen LogP contribution in [0.5, 0.6) is 0 Å². The van der Waals surface area contributed by atoms with Crippen molar-refractivity contribution in [1.29, 1.82) is 0 Å². The molecule has 1 aliphatic heterocycles. The van der Waals surface area contributed by atoms with Gasteiger partial charge in [0.2, 0.25) is 5.95 Å². The number of carbonyl (C=O) groups excluding carboxylic acids is 1. The SMILES string of the molecule is Cc1ccc(NC(=O)c2cc(C(F)(F)F)cnn2)cc1-c1ccnc(N2CCOCC2)n1. The van der Waals surface area contributed by atoms with Crippen molar-refractivity contribution in [2.24, 2.45) is 0 Å². The zero-order chi connectivity index (χ0) is 22.7. The fourth-order valence-electron chi connectivity index (χ4n) is 3.22. The van der Waals surface area contributed by atoms with Gasteiger partial charge in [-0.1, -0.05) is 6.07 Å². The molecule has 1 saturated heterocycles. The molecule has 0 unspecified atom stereocenters. The largest absolute Gasteiger partial charge is 0.418 e. The van der Waals surface area contributed by atoms with Crippen molar-refractivity contribution in [2.45, 2.75) is 13.1 Å². The Hall–Kier alpha value is -3.60. The number of aryl methyl sites for hydroxylation is 1. The number of halogens is 3. The summed E-state index contributed by atoms with van der Waals surface area (Å²) in [4.78, 5) is 23.5. The molecule has 3 aromatic rings. The number of nitrogens with one attached hydrogen (secondary N) is 1. The number of ether oxygens (including phenoxy) is 1. The highest BCUT2D eigenvalue weighted by molar-refractivity contribution is 6.03. The van der Waals surface area contributed by atoms with Crippen LogP contribution < -0.4 is 10.2 Å². The number of alkyl halides is 3. The van der Waals surface area contributed by atoms with E-state index in [1.807, 2.05) is 11.8 Å². The third-order valence-electron chi connectivity index (χ3n) is 4.92. The third-order valence-corrected chi connectivity index (χ3v) is 4.92. The number of carbonyl (C=O) groups is 1. The lowest BCUT2D eigenvalue weighted by molar-refractivity contribution is -0.137. The summed E-state index contributed by atoms with van der Waals surface area (Å²) in [5.74, 6) is -0.214. The maximum atomic E-state index is 12.9. The Labute approximate surface area is 181 Å². The quantitative estimate of drug-likeness (QED) is 0.660. The molecule has 11 heteroatoms. The number of benzene rings is 1. The molecular formula is C21H19F3N6O2. The molecule has 1 amide bonds. The van der Waals surface area contributed by atoms with Gasteiger partial charge in [-0.25, -0.2) is 9.97 Å². The fourth-order valence-corrected chi connectivity index (χ4v) is 3.22. The van der Waals surface area contributed by atoms with Gasteiger partial charge in [0.25, 0.3) is 5.91 Å². The summed E-state index contributed by atoms with van der Waals surface area (Å²) in [5, 5.41) is 9.37. The molecule has 2 aromatic heterocycles. The van der Waals surface area contributed by atoms with E-state index in [-0.39, 0.29) is 0 Å². The number of anilines is 2. The number of nitrogens with zero attached hydrogens (tertiary/aromatic N) is 5. The van der Waals surface area contributed by atoms with Gasteiger partial charge in [0.15, 0.2) is 5.69 Å². The van der Waals surface area contributed by atoms with Crippen LogP contribution in [-0.4, -0.2) is 52.4 Å². The van der Waals surface area contributed by atoms with Crippen LogP contribution in [0.3, 0.4) is 0 Å². The van der Waals surface area contributed by atoms with E-state index in [1.165, 1.54) is 0 Å². The van der Waals surface area contributed by atoms with Gasteiger partial charge in [0, 0.05) is 30.5 Å². The predicted octanol–water partition coefficient (Wildman–Crippen LogP) is 3.35. The minimum atomic E-state index is -4.62. The molecule has 0 spiro atoms. The molecule has 1 aliphatic rings. The lowest BCUT2D eigenvalue weighted by atomic mass is 10.0. The molecule has 8 nitrogen and oxygen atoms in total. The first-order valence-electron chi connectivity index (χ1n) is 9.79. The molecule has 0 saturated carbocycles. The molecule has 32 heavy (non-hydrogen) atoms. The number of amides is 1. The molecule has 0 aliphatic carbocycles. The second-order valence-corrected chi connectivity index (χ2v) is 7.15. The van der Waals surface area contributed by atoms with Crippen LogP contribution in [0.4, 0.5) is 24.8 Å². The summed E-state index contributed by atoms with van der Waals surface area (Å²) in [7, 11) is 0. The predicted molar refractivity (Wildman–Crippen MR) is 110 cm³/mol. The van der Waals surface area contributed by atoms with Crippen LogP contribution in [0.25, 0.3) is 11.3 Å². The number of morpholine rings is 1. The van der Waals surface area contributed by atoms with E-state index in [1.54, 1.807) is 30.5 Å². The summed E-state index contributed by atoms with van der Waals surface area (Å²) in [6.45, 7) is 4.49. The molecule has 1 fully saturated rings. The second-order valence-electron chi connectivity index (χ2n) is 7.15. The highest BCUT2D eigenvalue weighted by Gasteiger charge is 2.32. The Morgan fingerprint density at radius 1 is 1.16 bits per heavy atom. The Morgan fingerprint density at radius 2 is 1.94 bits per heavy atom. The second kappa shape index (κ2) is 8.87. The van der Waals surface area contributed by atoms with Crippen molar-refractivity contribution >= 4 is 17.5 Å². The maximum Gasteiger partial charge on any atom is 0.418 e. The minimum absolute atomic E-state index is 0.390. The van der Waals surface area contributed by atoms with Gasteiger partial charge < -0.3 is 15.0 Å². The summed E-state index contributed by atoms with van der Waals surface area (Å²) in [5.41, 5.74) is 1.25. The number of hydrogen-bond donors (Lipinski definition) is 1. The summed E-state index contributed by atoms with van der Waals surface area (Å²) in [6.07, 6.45) is -2.38. The van der Waals surface area contributed by atoms with Crippen molar-refractivity contribution in [3.8, 4) is 11.3 Å². The van der Waals surface area contributed by atoms with Crippen molar-refractivity contribution in [3.63, 3.8) is 0 Å². The summed E-state index contributed by atoms with van der Waals surface area (Å²) in [6, 6.07) is 7.58. The molecule has 0 radical (unpaired) electrons. The Bertz CT molecular complexity index is 1130. The molecule has 0 atom stereocenters. The Balaban J connectivity index is 1.58. The van der Waals surface area contributed by atoms with Crippen molar-refractivity contribution in [2.75, 3.05) is 36.5 Å². The Morgan fingerprint density at radius 3 is 2.69 bits per heavy atom. The molecule has 4 rings (SSSR count). The Kier molecular flexibility index (Phi) is 5.99. The van der Waals surface area contributed by atoms with Crippen LogP contribution in [-0.2, 0) is 10.9 Å². The lowest BCUT2D eigenvalue weighted by Crippen LogP contribution is -2.37. The number of rotatable bonds is 4. The van der Waals surface area contributed by atoms with Crippen molar-refractivity contribution in [3.05, 3.63) is 59.5 Å². The minimum Gasteiger partial charge on any atom is -0.378 e. The maximum absolute atomic E-state index is 12.9. The van der Waals surface area contributed by atoms with Gasteiger partial charge in [-0.05, 0) is 36.8 Å². The zero-order valence-corrected chi connectivity index (χ0v) is 17.1. The number of aromatic nitrogens is 4. The van der Waals surface area contributed by atoms with Crippen LogP contribution in [0.1, 0.15) is 21.6 Å². The van der Waals surface area contributed by atoms with E-state index in [2.05, 4.69) is 25.5 Å². The summed E-state index contributed by atoms with van der Waals surface area (Å²) < 4.78 is 44.0. The highest BCUT2D eigenvalue weighted by Crippen LogP contribution is 2.29. The molecular weight excluding hydrogens is 425 g/mol. The van der Waals surface area contributed by atoms with E-state index in [4.69, 9.17) is 4.74 Å². The van der Waals surface area contributed by atoms with Gasteiger partial charge in [0.05, 0.1) is 30.7 Å². The third kappa shape index (κ3) is 4.83. The highest BCUT2D eigenvalue weighted by atomic mass is 19.4. The standard InChI is InChI=1S/C21H19F3N6O2/c1-13-2-3-15(27-19(31)18-10-14(12-26-29-18)21(22,23)24)11-16(13)17-4-5-25-20(28-17)30-6-8-32-9-7-30/h2-5,10-12H,6-9H2,1H3,(H,27,31). The topological polar surface area (TPSA) is 93.1 Å². The average Bonchev–Trinajstić information content (AvgIpc) is 2.80. The first-order chi connectivity index (χ1) is 15.3. The van der Waals surface area contributed by atoms with E-state index >= 15 is 0 Å². The van der Waals surface area contributed by atoms with E-state index in [0.29, 0.717) is 55.9 Å². The molecule has 3 heterocycles. The smallest absolute Gasteiger partial charge is 0.378 e. The first kappa shape index (κ1) is 21.6. The van der Waals surface area contributed by atoms with Gasteiger partial charge in [0.1, 0.15) is 0 Å². The van der Waals surface area contributed by atoms with Crippen LogP contribution >= 0.6 is 0 Å². The zero-order valence-electron chi connectivity index (χ0n) is 17.1. The van der Waals surface area contributed by atoms with E-state index < -0.39 is 23.3 Å². The molecule has 0 bridgehead atoms. The van der Waals surface area contributed by atoms with Gasteiger partial charge >= 0.3 is 6.18 Å². The molecule has 1 N–H and O–H groups in total. The van der Waals surface area contributed by atoms with Crippen LogP contribution in [0.2, 0.25) is 0 Å². The lowest BCUT2D eigenvalue weighted by Gasteiger charge is -2.26. The normalized spacial score (nSPS) is 14.3. The van der Waals surface area contributed by atoms with Gasteiger partial charge in [-0.15, -0.1) is 5.10 Å². The fraction of sp³-hybridized carbons (Fsp3) is 0.286. The average molecular weight is 444 g/mol. The van der Waals surface area contributed by atoms with Gasteiger partial charge in [-0.2, -0.15) is 18.3 Å². The van der Waals surface area contributed by atoms with E-state index in [9.17, 15) is 18.0 Å². The first-order valence-corrected chi connectivity index (χ1v) is 9.79. The van der Waals surface area contributed by atoms with Crippen molar-refractivity contribution < 1.29 is 22.7 Å². The summed E-state index contributed by atoms with van der Waals surface area (Å²) >= 11 is 0. The van der Waals surface area contributed by atoms with Crippen LogP contribution in [0, 0.1) is 6.92 Å². The van der Waals surface area contributed by atoms with Gasteiger partial charge in [-0.3, -0.25) is 4.79 Å². The molecule has 1 aromatic carbocycles. The number of hydrogen-bond acceptors (Lipinski definition) is 7. The van der Waals surface area contributed by atoms with Crippen molar-refractivity contribution in [1.82, 2.24) is 20.2 Å². The van der Waals surface area contributed by atoms with Crippen LogP contribution in [0.15, 0.2) is 42.7 Å². The van der Waals surface area contributed by atoms with E-state index in [0.717, 1.165) is 11.1 Å². The monoisotopic (exact) mass is 444 g/mol.